The van der Waals surface area contributed by atoms with Gasteiger partial charge in [-0.05, 0) is 24.8 Å². The predicted octanol–water partition coefficient (Wildman–Crippen LogP) is 1.66. The van der Waals surface area contributed by atoms with E-state index >= 15 is 0 Å². The number of primary amides is 1. The molecule has 0 spiro atoms. The average Bonchev–Trinajstić information content (AvgIpc) is 2.20. The van der Waals surface area contributed by atoms with Gasteiger partial charge in [-0.15, -0.1) is 0 Å². The van der Waals surface area contributed by atoms with Gasteiger partial charge in [0.05, 0.1) is 0 Å². The van der Waals surface area contributed by atoms with Crippen molar-refractivity contribution in [1.29, 1.82) is 0 Å². The maximum Gasteiger partial charge on any atom is 0.243 e. The SMILES string of the molecule is C=C(C)C(N)=O.NC=Cc1ccccc1. The van der Waals surface area contributed by atoms with Crippen molar-refractivity contribution in [3.63, 3.8) is 0 Å². The van der Waals surface area contributed by atoms with Gasteiger partial charge >= 0.3 is 0 Å². The summed E-state index contributed by atoms with van der Waals surface area (Å²) in [4.78, 5) is 9.82. The first-order valence-corrected chi connectivity index (χ1v) is 4.46. The van der Waals surface area contributed by atoms with Crippen LogP contribution < -0.4 is 11.5 Å². The summed E-state index contributed by atoms with van der Waals surface area (Å²) in [6, 6.07) is 9.95. The molecule has 0 saturated heterocycles. The van der Waals surface area contributed by atoms with Crippen molar-refractivity contribution in [2.45, 2.75) is 6.92 Å². The lowest BCUT2D eigenvalue weighted by molar-refractivity contribution is -0.114. The molecule has 3 heteroatoms. The van der Waals surface area contributed by atoms with Gasteiger partial charge in [0.15, 0.2) is 0 Å². The largest absolute Gasteiger partial charge is 0.405 e. The summed E-state index contributed by atoms with van der Waals surface area (Å²) in [5, 5.41) is 0. The normalized spacial score (nSPS) is 9.13. The Morgan fingerprint density at radius 2 is 1.80 bits per heavy atom. The molecule has 80 valence electrons. The first-order chi connectivity index (χ1) is 7.07. The van der Waals surface area contributed by atoms with Crippen LogP contribution in [0.5, 0.6) is 0 Å². The maximum atomic E-state index is 9.82. The Hall–Kier alpha value is -2.03. The van der Waals surface area contributed by atoms with Gasteiger partial charge in [0, 0.05) is 5.57 Å². The molecule has 0 radical (unpaired) electrons. The predicted molar refractivity (Wildman–Crippen MR) is 63.7 cm³/mol. The summed E-state index contributed by atoms with van der Waals surface area (Å²) in [6.45, 7) is 4.85. The molecular weight excluding hydrogens is 188 g/mol. The number of benzene rings is 1. The summed E-state index contributed by atoms with van der Waals surface area (Å²) in [6.07, 6.45) is 3.40. The highest BCUT2D eigenvalue weighted by Crippen LogP contribution is 1.98. The monoisotopic (exact) mass is 204 g/mol. The van der Waals surface area contributed by atoms with Crippen molar-refractivity contribution in [3.05, 3.63) is 54.2 Å². The van der Waals surface area contributed by atoms with Crippen molar-refractivity contribution in [3.8, 4) is 0 Å². The minimum Gasteiger partial charge on any atom is -0.405 e. The van der Waals surface area contributed by atoms with E-state index in [1.165, 1.54) is 6.20 Å². The minimum atomic E-state index is -0.435. The molecule has 0 heterocycles. The lowest BCUT2D eigenvalue weighted by atomic mass is 10.2. The molecule has 0 bridgehead atoms. The number of carbonyl (C=O) groups is 1. The van der Waals surface area contributed by atoms with Crippen LogP contribution in [0.25, 0.3) is 6.08 Å². The Balaban J connectivity index is 0.000000288. The zero-order chi connectivity index (χ0) is 11.7. The van der Waals surface area contributed by atoms with Crippen molar-refractivity contribution < 1.29 is 4.79 Å². The van der Waals surface area contributed by atoms with Crippen LogP contribution in [-0.2, 0) is 4.79 Å². The fourth-order valence-electron chi connectivity index (χ4n) is 0.675. The third kappa shape index (κ3) is 7.07. The topological polar surface area (TPSA) is 69.1 Å². The Bertz CT molecular complexity index is 330. The van der Waals surface area contributed by atoms with Crippen molar-refractivity contribution in [1.82, 2.24) is 0 Å². The standard InChI is InChI=1S/C8H9N.C4H7NO/c9-7-6-8-4-2-1-3-5-8;1-3(2)4(5)6/h1-7H,9H2;1H2,2H3,(H2,5,6). The number of carbonyl (C=O) groups excluding carboxylic acids is 1. The third-order valence-corrected chi connectivity index (χ3v) is 1.51. The zero-order valence-corrected chi connectivity index (χ0v) is 8.81. The van der Waals surface area contributed by atoms with E-state index in [9.17, 15) is 4.79 Å². The summed E-state index contributed by atoms with van der Waals surface area (Å²) < 4.78 is 0. The second-order valence-corrected chi connectivity index (χ2v) is 2.91. The van der Waals surface area contributed by atoms with Gasteiger partial charge < -0.3 is 11.5 Å². The van der Waals surface area contributed by atoms with Gasteiger partial charge in [-0.25, -0.2) is 0 Å². The van der Waals surface area contributed by atoms with Crippen LogP contribution in [0.4, 0.5) is 0 Å². The molecule has 1 aromatic rings. The number of hydrogen-bond donors (Lipinski definition) is 2. The van der Waals surface area contributed by atoms with Crippen LogP contribution in [0.2, 0.25) is 0 Å². The first-order valence-electron chi connectivity index (χ1n) is 4.46. The molecule has 0 aromatic heterocycles. The van der Waals surface area contributed by atoms with Crippen LogP contribution in [0, 0.1) is 0 Å². The fourth-order valence-corrected chi connectivity index (χ4v) is 0.675. The van der Waals surface area contributed by atoms with Gasteiger partial charge in [0.2, 0.25) is 5.91 Å². The molecule has 1 aromatic carbocycles. The van der Waals surface area contributed by atoms with E-state index in [0.29, 0.717) is 5.57 Å². The van der Waals surface area contributed by atoms with Gasteiger partial charge in [-0.1, -0.05) is 36.9 Å². The molecule has 0 aliphatic heterocycles. The molecule has 0 aliphatic rings. The van der Waals surface area contributed by atoms with E-state index in [1.807, 2.05) is 36.4 Å². The van der Waals surface area contributed by atoms with Crippen LogP contribution >= 0.6 is 0 Å². The maximum absolute atomic E-state index is 9.82. The molecular formula is C12H16N2O. The molecule has 4 N–H and O–H groups in total. The molecule has 1 rings (SSSR count). The van der Waals surface area contributed by atoms with Crippen LogP contribution in [0.1, 0.15) is 12.5 Å². The third-order valence-electron chi connectivity index (χ3n) is 1.51. The van der Waals surface area contributed by atoms with E-state index in [-0.39, 0.29) is 0 Å². The van der Waals surface area contributed by atoms with Crippen molar-refractivity contribution in [2.75, 3.05) is 0 Å². The summed E-state index contributed by atoms with van der Waals surface area (Å²) in [7, 11) is 0. The number of amides is 1. The number of rotatable bonds is 2. The van der Waals surface area contributed by atoms with Gasteiger partial charge in [-0.3, -0.25) is 4.79 Å². The summed E-state index contributed by atoms with van der Waals surface area (Å²) in [5.74, 6) is -0.435. The van der Waals surface area contributed by atoms with Crippen molar-refractivity contribution in [2.24, 2.45) is 11.5 Å². The molecule has 0 saturated carbocycles. The minimum absolute atomic E-state index is 0.398. The van der Waals surface area contributed by atoms with Crippen LogP contribution in [-0.4, -0.2) is 5.91 Å². The highest BCUT2D eigenvalue weighted by atomic mass is 16.1. The van der Waals surface area contributed by atoms with E-state index < -0.39 is 5.91 Å². The van der Waals surface area contributed by atoms with Crippen LogP contribution in [0.15, 0.2) is 48.7 Å². The molecule has 0 atom stereocenters. The Kier molecular flexibility index (Phi) is 6.38. The fraction of sp³-hybridized carbons (Fsp3) is 0.0833. The number of nitrogens with two attached hydrogens (primary N) is 2. The van der Waals surface area contributed by atoms with E-state index in [1.54, 1.807) is 6.92 Å². The molecule has 0 fully saturated rings. The van der Waals surface area contributed by atoms with Gasteiger partial charge in [-0.2, -0.15) is 0 Å². The van der Waals surface area contributed by atoms with Crippen molar-refractivity contribution >= 4 is 12.0 Å². The second kappa shape index (κ2) is 7.38. The average molecular weight is 204 g/mol. The van der Waals surface area contributed by atoms with E-state index in [2.05, 4.69) is 6.58 Å². The molecule has 1 amide bonds. The van der Waals surface area contributed by atoms with E-state index in [0.717, 1.165) is 5.56 Å². The second-order valence-electron chi connectivity index (χ2n) is 2.91. The molecule has 3 nitrogen and oxygen atoms in total. The lowest BCUT2D eigenvalue weighted by Crippen LogP contribution is -2.10. The first kappa shape index (κ1) is 13.0. The molecule has 0 unspecified atom stereocenters. The van der Waals surface area contributed by atoms with E-state index in [4.69, 9.17) is 11.5 Å². The highest BCUT2D eigenvalue weighted by molar-refractivity contribution is 5.90. The Morgan fingerprint density at radius 3 is 2.13 bits per heavy atom. The molecule has 15 heavy (non-hydrogen) atoms. The summed E-state index contributed by atoms with van der Waals surface area (Å²) >= 11 is 0. The van der Waals surface area contributed by atoms with Crippen LogP contribution in [0.3, 0.4) is 0 Å². The molecule has 0 aliphatic carbocycles. The Labute approximate surface area is 90.1 Å². The highest BCUT2D eigenvalue weighted by Gasteiger charge is 1.86. The van der Waals surface area contributed by atoms with Gasteiger partial charge in [0.1, 0.15) is 0 Å². The quantitative estimate of drug-likeness (QED) is 0.719. The smallest absolute Gasteiger partial charge is 0.243 e. The zero-order valence-electron chi connectivity index (χ0n) is 8.81. The van der Waals surface area contributed by atoms with Gasteiger partial charge in [0.25, 0.3) is 0 Å². The summed E-state index contributed by atoms with van der Waals surface area (Å²) in [5.41, 5.74) is 11.4. The lowest BCUT2D eigenvalue weighted by Gasteiger charge is -1.86. The number of hydrogen-bond acceptors (Lipinski definition) is 2. The Morgan fingerprint density at radius 1 is 1.33 bits per heavy atom.